The number of hydrogen-bond donors (Lipinski definition) is 2. The zero-order valence-electron chi connectivity index (χ0n) is 14.3. The average Bonchev–Trinajstić information content (AvgIpc) is 2.68. The number of aromatic nitrogens is 2. The molecule has 0 saturated heterocycles. The van der Waals surface area contributed by atoms with Crippen molar-refractivity contribution in [3.05, 3.63) is 82.9 Å². The van der Waals surface area contributed by atoms with Gasteiger partial charge in [0.15, 0.2) is 17.5 Å². The maximum atomic E-state index is 13.7. The lowest BCUT2D eigenvalue weighted by Crippen LogP contribution is -2.23. The Kier molecular flexibility index (Phi) is 5.35. The number of nitrogens with one attached hydrogen (secondary N) is 2. The second-order valence-corrected chi connectivity index (χ2v) is 5.75. The topological polar surface area (TPSA) is 66.9 Å². The van der Waals surface area contributed by atoms with Crippen LogP contribution in [-0.2, 0) is 6.54 Å². The van der Waals surface area contributed by atoms with Crippen molar-refractivity contribution < 1.29 is 18.0 Å². The fraction of sp³-hybridized carbons (Fsp3) is 0.105. The summed E-state index contributed by atoms with van der Waals surface area (Å²) in [5.41, 5.74) is 1.94. The Morgan fingerprint density at radius 2 is 1.70 bits per heavy atom. The van der Waals surface area contributed by atoms with E-state index in [9.17, 15) is 18.0 Å². The van der Waals surface area contributed by atoms with E-state index in [0.717, 1.165) is 23.3 Å². The van der Waals surface area contributed by atoms with E-state index in [1.54, 1.807) is 0 Å². The number of rotatable bonds is 5. The van der Waals surface area contributed by atoms with Gasteiger partial charge in [0.2, 0.25) is 5.95 Å². The summed E-state index contributed by atoms with van der Waals surface area (Å²) in [5.74, 6) is -4.69. The van der Waals surface area contributed by atoms with Gasteiger partial charge in [-0.25, -0.2) is 23.1 Å². The van der Waals surface area contributed by atoms with Crippen molar-refractivity contribution in [1.29, 1.82) is 0 Å². The number of hydrogen-bond acceptors (Lipinski definition) is 4. The van der Waals surface area contributed by atoms with Gasteiger partial charge >= 0.3 is 0 Å². The van der Waals surface area contributed by atoms with Crippen molar-refractivity contribution in [3.63, 3.8) is 0 Å². The molecule has 0 unspecified atom stereocenters. The molecule has 0 saturated carbocycles. The Morgan fingerprint density at radius 1 is 1.00 bits per heavy atom. The summed E-state index contributed by atoms with van der Waals surface area (Å²) in [7, 11) is 0. The monoisotopic (exact) mass is 372 g/mol. The van der Waals surface area contributed by atoms with Crippen LogP contribution in [0.4, 0.5) is 24.8 Å². The van der Waals surface area contributed by atoms with E-state index >= 15 is 0 Å². The van der Waals surface area contributed by atoms with Crippen LogP contribution in [0.3, 0.4) is 0 Å². The molecule has 0 bridgehead atoms. The molecule has 0 aliphatic heterocycles. The number of amides is 1. The van der Waals surface area contributed by atoms with Crippen LogP contribution < -0.4 is 10.6 Å². The Bertz CT molecular complexity index is 977. The predicted molar refractivity (Wildman–Crippen MR) is 94.0 cm³/mol. The second kappa shape index (κ2) is 7.86. The van der Waals surface area contributed by atoms with Crippen LogP contribution in [0.1, 0.15) is 21.5 Å². The molecule has 1 amide bonds. The summed E-state index contributed by atoms with van der Waals surface area (Å²) in [4.78, 5) is 20.0. The lowest BCUT2D eigenvalue weighted by Gasteiger charge is -2.09. The third-order valence-corrected chi connectivity index (χ3v) is 3.90. The fourth-order valence-corrected chi connectivity index (χ4v) is 2.34. The highest BCUT2D eigenvalue weighted by Gasteiger charge is 2.14. The van der Waals surface area contributed by atoms with Gasteiger partial charge in [-0.2, -0.15) is 0 Å². The van der Waals surface area contributed by atoms with Crippen LogP contribution in [0.15, 0.2) is 48.8 Å². The molecule has 138 valence electrons. The van der Waals surface area contributed by atoms with Crippen LogP contribution in [0.5, 0.6) is 0 Å². The molecule has 0 aliphatic carbocycles. The van der Waals surface area contributed by atoms with Crippen LogP contribution >= 0.6 is 0 Å². The molecule has 0 atom stereocenters. The summed E-state index contributed by atoms with van der Waals surface area (Å²) >= 11 is 0. The Hall–Kier alpha value is -3.42. The molecule has 2 aromatic carbocycles. The summed E-state index contributed by atoms with van der Waals surface area (Å²) < 4.78 is 39.8. The maximum absolute atomic E-state index is 13.7. The van der Waals surface area contributed by atoms with E-state index in [0.29, 0.717) is 6.54 Å². The number of carbonyl (C=O) groups is 1. The van der Waals surface area contributed by atoms with Gasteiger partial charge in [-0.1, -0.05) is 24.3 Å². The van der Waals surface area contributed by atoms with E-state index in [4.69, 9.17) is 0 Å². The zero-order valence-corrected chi connectivity index (χ0v) is 14.3. The van der Waals surface area contributed by atoms with E-state index in [1.165, 1.54) is 12.4 Å². The number of halogens is 3. The number of benzene rings is 2. The summed E-state index contributed by atoms with van der Waals surface area (Å²) in [6.07, 6.45) is 2.50. The van der Waals surface area contributed by atoms with Gasteiger partial charge in [-0.15, -0.1) is 0 Å². The largest absolute Gasteiger partial charge is 0.348 e. The highest BCUT2D eigenvalue weighted by Crippen LogP contribution is 2.21. The molecule has 0 aliphatic rings. The van der Waals surface area contributed by atoms with Crippen molar-refractivity contribution in [2.45, 2.75) is 13.5 Å². The van der Waals surface area contributed by atoms with Gasteiger partial charge in [0, 0.05) is 18.9 Å². The van der Waals surface area contributed by atoms with Gasteiger partial charge in [-0.3, -0.25) is 4.79 Å². The molecule has 0 spiro atoms. The van der Waals surface area contributed by atoms with Gasteiger partial charge < -0.3 is 10.6 Å². The fourth-order valence-electron chi connectivity index (χ4n) is 2.34. The molecule has 3 rings (SSSR count). The smallest absolute Gasteiger partial charge is 0.254 e. The van der Waals surface area contributed by atoms with Crippen molar-refractivity contribution in [3.8, 4) is 0 Å². The molecular weight excluding hydrogens is 357 g/mol. The van der Waals surface area contributed by atoms with Crippen LogP contribution in [0, 0.1) is 24.4 Å². The van der Waals surface area contributed by atoms with Gasteiger partial charge in [0.25, 0.3) is 5.91 Å². The van der Waals surface area contributed by atoms with Crippen LogP contribution in [-0.4, -0.2) is 15.9 Å². The third-order valence-electron chi connectivity index (χ3n) is 3.90. The van der Waals surface area contributed by atoms with Crippen LogP contribution in [0.25, 0.3) is 0 Å². The number of carbonyl (C=O) groups excluding carboxylic acids is 1. The summed E-state index contributed by atoms with van der Waals surface area (Å²) in [6, 6.07) is 9.47. The molecule has 1 aromatic heterocycles. The molecular formula is C19H15F3N4O. The second-order valence-electron chi connectivity index (χ2n) is 5.75. The Balaban J connectivity index is 1.65. The minimum absolute atomic E-state index is 0.0599. The van der Waals surface area contributed by atoms with E-state index in [-0.39, 0.29) is 23.1 Å². The van der Waals surface area contributed by atoms with Crippen LogP contribution in [0.2, 0.25) is 0 Å². The van der Waals surface area contributed by atoms with Gasteiger partial charge in [-0.05, 0) is 30.2 Å². The van der Waals surface area contributed by atoms with E-state index in [2.05, 4.69) is 20.6 Å². The van der Waals surface area contributed by atoms with Gasteiger partial charge in [0.1, 0.15) is 0 Å². The third kappa shape index (κ3) is 4.22. The SMILES string of the molecule is Cc1ccccc1CNC(=O)c1cnc(Nc2ccc(F)c(F)c2F)nc1. The van der Waals surface area contributed by atoms with Crippen molar-refractivity contribution in [2.24, 2.45) is 0 Å². The van der Waals surface area contributed by atoms with Crippen molar-refractivity contribution in [1.82, 2.24) is 15.3 Å². The molecule has 3 aromatic rings. The average molecular weight is 372 g/mol. The standard InChI is InChI=1S/C19H15F3N4O/c1-11-4-2-3-5-12(11)8-23-18(27)13-9-24-19(25-10-13)26-15-7-6-14(20)16(21)17(15)22/h2-7,9-10H,8H2,1H3,(H,23,27)(H,24,25,26). The summed E-state index contributed by atoms with van der Waals surface area (Å²) in [6.45, 7) is 2.30. The number of nitrogens with zero attached hydrogens (tertiary/aromatic N) is 2. The first kappa shape index (κ1) is 18.4. The number of aryl methyl sites for hydroxylation is 1. The molecule has 5 nitrogen and oxygen atoms in total. The van der Waals surface area contributed by atoms with E-state index < -0.39 is 17.5 Å². The first-order valence-electron chi connectivity index (χ1n) is 8.01. The Morgan fingerprint density at radius 3 is 2.41 bits per heavy atom. The lowest BCUT2D eigenvalue weighted by molar-refractivity contribution is 0.0950. The van der Waals surface area contributed by atoms with E-state index in [1.807, 2.05) is 31.2 Å². The molecule has 2 N–H and O–H groups in total. The minimum atomic E-state index is -1.59. The van der Waals surface area contributed by atoms with Gasteiger partial charge in [0.05, 0.1) is 11.3 Å². The molecule has 1 heterocycles. The molecule has 8 heteroatoms. The van der Waals surface area contributed by atoms with Crippen molar-refractivity contribution >= 4 is 17.5 Å². The Labute approximate surface area is 153 Å². The molecule has 0 fully saturated rings. The molecule has 27 heavy (non-hydrogen) atoms. The summed E-state index contributed by atoms with van der Waals surface area (Å²) in [5, 5.41) is 5.19. The predicted octanol–water partition coefficient (Wildman–Crippen LogP) is 3.88. The minimum Gasteiger partial charge on any atom is -0.348 e. The highest BCUT2D eigenvalue weighted by atomic mass is 19.2. The molecule has 0 radical (unpaired) electrons. The zero-order chi connectivity index (χ0) is 19.4. The normalized spacial score (nSPS) is 10.5. The number of anilines is 2. The maximum Gasteiger partial charge on any atom is 0.254 e. The highest BCUT2D eigenvalue weighted by molar-refractivity contribution is 5.93. The first-order valence-corrected chi connectivity index (χ1v) is 8.01. The first-order chi connectivity index (χ1) is 13.0. The lowest BCUT2D eigenvalue weighted by atomic mass is 10.1. The quantitative estimate of drug-likeness (QED) is 0.667. The van der Waals surface area contributed by atoms with Crippen molar-refractivity contribution in [2.75, 3.05) is 5.32 Å².